The molecule has 0 aromatic heterocycles. The molecule has 28 heavy (non-hydrogen) atoms. The maximum atomic E-state index is 12.4. The zero-order valence-electron chi connectivity index (χ0n) is 16.1. The molecule has 0 atom stereocenters. The van der Waals surface area contributed by atoms with E-state index in [1.165, 1.54) is 0 Å². The summed E-state index contributed by atoms with van der Waals surface area (Å²) in [6.45, 7) is 3.71. The van der Waals surface area contributed by atoms with Gasteiger partial charge in [0.15, 0.2) is 9.84 Å². The van der Waals surface area contributed by atoms with Crippen LogP contribution in [0.3, 0.4) is 0 Å². The Morgan fingerprint density at radius 1 is 1.00 bits per heavy atom. The fraction of sp³-hybridized carbons (Fsp3) is 0.300. The van der Waals surface area contributed by atoms with E-state index in [-0.39, 0.29) is 29.5 Å². The molecule has 0 fully saturated rings. The smallest absolute Gasteiger partial charge is 0.340 e. The Hall–Kier alpha value is -2.87. The minimum Gasteiger partial charge on any atom is -0.462 e. The number of nitrogens with one attached hydrogen (secondary N) is 2. The van der Waals surface area contributed by atoms with Gasteiger partial charge < -0.3 is 15.4 Å². The molecule has 0 aliphatic heterocycles. The van der Waals surface area contributed by atoms with Crippen molar-refractivity contribution in [1.82, 2.24) is 0 Å². The first kappa shape index (κ1) is 21.4. The molecule has 7 nitrogen and oxygen atoms in total. The van der Waals surface area contributed by atoms with Crippen LogP contribution in [0.5, 0.6) is 0 Å². The predicted molar refractivity (Wildman–Crippen MR) is 108 cm³/mol. The van der Waals surface area contributed by atoms with Crippen LogP contribution in [0, 0.1) is 0 Å². The fourth-order valence-electron chi connectivity index (χ4n) is 2.79. The Morgan fingerprint density at radius 3 is 2.32 bits per heavy atom. The molecule has 8 heteroatoms. The molecule has 1 amide bonds. The van der Waals surface area contributed by atoms with Crippen molar-refractivity contribution in [3.63, 3.8) is 0 Å². The van der Waals surface area contributed by atoms with Crippen LogP contribution in [0.4, 0.5) is 11.4 Å². The molecule has 0 bridgehead atoms. The molecule has 0 saturated carbocycles. The number of ether oxygens (including phenoxy) is 1. The van der Waals surface area contributed by atoms with Crippen LogP contribution in [0.25, 0.3) is 0 Å². The molecular formula is C20H24N2O5S. The van der Waals surface area contributed by atoms with Gasteiger partial charge in [0.25, 0.3) is 0 Å². The van der Waals surface area contributed by atoms with Gasteiger partial charge in [0.2, 0.25) is 5.91 Å². The van der Waals surface area contributed by atoms with Crippen molar-refractivity contribution < 1.29 is 22.7 Å². The average molecular weight is 404 g/mol. The van der Waals surface area contributed by atoms with Crippen molar-refractivity contribution in [1.29, 1.82) is 0 Å². The van der Waals surface area contributed by atoms with Crippen LogP contribution >= 0.6 is 0 Å². The van der Waals surface area contributed by atoms with E-state index in [0.29, 0.717) is 23.4 Å². The van der Waals surface area contributed by atoms with E-state index in [1.54, 1.807) is 49.4 Å². The summed E-state index contributed by atoms with van der Waals surface area (Å²) in [6.07, 6.45) is 1.66. The summed E-state index contributed by atoms with van der Waals surface area (Å²) in [5.74, 6) is -0.885. The molecule has 0 saturated heterocycles. The lowest BCUT2D eigenvalue weighted by Crippen LogP contribution is -2.23. The SMILES string of the molecule is CCOC(=O)c1ccccc1NC(=O)CNc1cccc(S(C)(=O)=O)c1CC. The van der Waals surface area contributed by atoms with E-state index in [4.69, 9.17) is 4.74 Å². The van der Waals surface area contributed by atoms with E-state index in [1.807, 2.05) is 6.92 Å². The first-order valence-electron chi connectivity index (χ1n) is 8.89. The number of anilines is 2. The zero-order chi connectivity index (χ0) is 20.7. The summed E-state index contributed by atoms with van der Waals surface area (Å²) in [5, 5.41) is 5.66. The highest BCUT2D eigenvalue weighted by Gasteiger charge is 2.17. The first-order chi connectivity index (χ1) is 13.3. The number of carbonyl (C=O) groups is 2. The van der Waals surface area contributed by atoms with Crippen LogP contribution in [0.2, 0.25) is 0 Å². The van der Waals surface area contributed by atoms with E-state index in [0.717, 1.165) is 6.26 Å². The van der Waals surface area contributed by atoms with Gasteiger partial charge in [-0.05, 0) is 43.2 Å². The Labute approximate surface area is 165 Å². The summed E-state index contributed by atoms with van der Waals surface area (Å²) in [6, 6.07) is 11.5. The quantitative estimate of drug-likeness (QED) is 0.656. The molecule has 2 rings (SSSR count). The molecule has 2 aromatic rings. The molecule has 2 aromatic carbocycles. The number of amides is 1. The van der Waals surface area contributed by atoms with Gasteiger partial charge in [0.05, 0.1) is 29.3 Å². The minimum atomic E-state index is -3.37. The largest absolute Gasteiger partial charge is 0.462 e. The summed E-state index contributed by atoms with van der Waals surface area (Å²) in [5.41, 5.74) is 1.84. The standard InChI is InChI=1S/C20H24N2O5S/c1-4-14-16(11-8-12-18(14)28(3,25)26)21-13-19(23)22-17-10-7-6-9-15(17)20(24)27-5-2/h6-12,21H,4-5,13H2,1-3H3,(H,22,23). The second-order valence-corrected chi connectivity index (χ2v) is 8.06. The molecule has 0 aliphatic carbocycles. The van der Waals surface area contributed by atoms with Crippen molar-refractivity contribution in [2.75, 3.05) is 30.0 Å². The van der Waals surface area contributed by atoms with Gasteiger partial charge >= 0.3 is 5.97 Å². The van der Waals surface area contributed by atoms with Gasteiger partial charge in [0, 0.05) is 11.9 Å². The first-order valence-corrected chi connectivity index (χ1v) is 10.8. The number of esters is 1. The van der Waals surface area contributed by atoms with Crippen molar-refractivity contribution in [3.05, 3.63) is 53.6 Å². The predicted octanol–water partition coefficient (Wildman–Crippen LogP) is 2.88. The maximum Gasteiger partial charge on any atom is 0.340 e. The van der Waals surface area contributed by atoms with Gasteiger partial charge in [-0.15, -0.1) is 0 Å². The minimum absolute atomic E-state index is 0.0859. The highest BCUT2D eigenvalue weighted by molar-refractivity contribution is 7.90. The molecule has 0 unspecified atom stereocenters. The molecule has 0 spiro atoms. The number of benzene rings is 2. The third kappa shape index (κ3) is 5.32. The van der Waals surface area contributed by atoms with Gasteiger partial charge in [-0.1, -0.05) is 25.1 Å². The van der Waals surface area contributed by atoms with Crippen molar-refractivity contribution in [2.24, 2.45) is 0 Å². The Morgan fingerprint density at radius 2 is 1.68 bits per heavy atom. The zero-order valence-corrected chi connectivity index (χ0v) is 16.9. The third-order valence-corrected chi connectivity index (χ3v) is 5.20. The topological polar surface area (TPSA) is 102 Å². The van der Waals surface area contributed by atoms with Crippen molar-refractivity contribution >= 4 is 33.1 Å². The normalized spacial score (nSPS) is 11.0. The Bertz CT molecular complexity index is 970. The summed E-state index contributed by atoms with van der Waals surface area (Å²) in [7, 11) is -3.37. The van der Waals surface area contributed by atoms with E-state index >= 15 is 0 Å². The van der Waals surface area contributed by atoms with Gasteiger partial charge in [-0.25, -0.2) is 13.2 Å². The second kappa shape index (κ2) is 9.36. The lowest BCUT2D eigenvalue weighted by atomic mass is 10.1. The number of rotatable bonds is 8. The Balaban J connectivity index is 2.14. The molecule has 2 N–H and O–H groups in total. The number of sulfone groups is 1. The van der Waals surface area contributed by atoms with E-state index < -0.39 is 15.8 Å². The molecule has 150 valence electrons. The van der Waals surface area contributed by atoms with E-state index in [2.05, 4.69) is 10.6 Å². The highest BCUT2D eigenvalue weighted by Crippen LogP contribution is 2.24. The summed E-state index contributed by atoms with van der Waals surface area (Å²) >= 11 is 0. The van der Waals surface area contributed by atoms with Crippen LogP contribution in [-0.2, 0) is 25.8 Å². The van der Waals surface area contributed by atoms with Gasteiger partial charge in [0.1, 0.15) is 0 Å². The van der Waals surface area contributed by atoms with Gasteiger partial charge in [-0.2, -0.15) is 0 Å². The van der Waals surface area contributed by atoms with Crippen LogP contribution in [-0.4, -0.2) is 39.7 Å². The molecular weight excluding hydrogens is 380 g/mol. The van der Waals surface area contributed by atoms with Gasteiger partial charge in [-0.3, -0.25) is 4.79 Å². The number of para-hydroxylation sites is 1. The monoisotopic (exact) mass is 404 g/mol. The van der Waals surface area contributed by atoms with Crippen LogP contribution in [0.15, 0.2) is 47.4 Å². The lowest BCUT2D eigenvalue weighted by molar-refractivity contribution is -0.114. The summed E-state index contributed by atoms with van der Waals surface area (Å²) in [4.78, 5) is 24.6. The summed E-state index contributed by atoms with van der Waals surface area (Å²) < 4.78 is 28.9. The van der Waals surface area contributed by atoms with Crippen LogP contribution < -0.4 is 10.6 Å². The van der Waals surface area contributed by atoms with Crippen molar-refractivity contribution in [3.8, 4) is 0 Å². The van der Waals surface area contributed by atoms with Crippen LogP contribution in [0.1, 0.15) is 29.8 Å². The Kier molecular flexibility index (Phi) is 7.17. The number of carbonyl (C=O) groups excluding carboxylic acids is 2. The lowest BCUT2D eigenvalue weighted by Gasteiger charge is -2.15. The molecule has 0 radical (unpaired) electrons. The number of hydrogen-bond acceptors (Lipinski definition) is 6. The maximum absolute atomic E-state index is 12.4. The molecule has 0 heterocycles. The van der Waals surface area contributed by atoms with Crippen molar-refractivity contribution in [2.45, 2.75) is 25.2 Å². The number of hydrogen-bond donors (Lipinski definition) is 2. The fourth-order valence-corrected chi connectivity index (χ4v) is 3.82. The molecule has 0 aliphatic rings. The highest BCUT2D eigenvalue weighted by atomic mass is 32.2. The van der Waals surface area contributed by atoms with E-state index in [9.17, 15) is 18.0 Å². The second-order valence-electron chi connectivity index (χ2n) is 6.08. The average Bonchev–Trinajstić information content (AvgIpc) is 2.65. The third-order valence-electron chi connectivity index (χ3n) is 4.02.